The van der Waals surface area contributed by atoms with Gasteiger partial charge in [-0.05, 0) is 96.6 Å². The van der Waals surface area contributed by atoms with E-state index >= 15 is 0 Å². The monoisotopic (exact) mass is 662 g/mol. The molecule has 260 valence electrons. The maximum atomic E-state index is 12.0. The first-order chi connectivity index (χ1) is 23.1. The SMILES string of the molecule is CCO[C@H]1CC[C@@]2(O)C3Cc4ccc(CO)c5c4[C@@]2(CCN3C)[C@H]1O5.CN1CC[C@]23c4c5ccc(CO)c4O[C@H]2[C@@H](O)CC[C@@]3(O)C1C5. The zero-order valence-corrected chi connectivity index (χ0v) is 28.3. The van der Waals surface area contributed by atoms with E-state index in [1.165, 1.54) is 16.7 Å². The average Bonchev–Trinajstić information content (AvgIpc) is 3.62. The summed E-state index contributed by atoms with van der Waals surface area (Å²) in [6.45, 7) is 4.40. The Morgan fingerprint density at radius 1 is 0.750 bits per heavy atom. The number of benzene rings is 2. The molecular formula is C38H50N2O8. The van der Waals surface area contributed by atoms with Crippen molar-refractivity contribution < 1.29 is 39.7 Å². The highest BCUT2D eigenvalue weighted by Gasteiger charge is 2.74. The molecule has 2 aromatic carbocycles. The van der Waals surface area contributed by atoms with Gasteiger partial charge in [-0.2, -0.15) is 0 Å². The van der Waals surface area contributed by atoms with E-state index in [1.54, 1.807) is 0 Å². The Morgan fingerprint density at radius 2 is 1.25 bits per heavy atom. The number of aliphatic hydroxyl groups is 5. The van der Waals surface area contributed by atoms with Crippen molar-refractivity contribution in [3.05, 3.63) is 57.6 Å². The van der Waals surface area contributed by atoms with Crippen molar-refractivity contribution in [2.45, 2.75) is 130 Å². The van der Waals surface area contributed by atoms with Crippen LogP contribution in [-0.2, 0) is 41.6 Å². The molecule has 10 rings (SSSR count). The zero-order valence-electron chi connectivity index (χ0n) is 28.3. The standard InChI is InChI=1S/C20H27NO4.C18H23NO4/c1-3-24-14-6-7-20(23)15-10-12-4-5-13(11-22)17-16(12)19(20,18(14)25-17)8-9-21(15)2;1-19-7-6-17-14-10-2-3-11(9-20)15(14)23-16(17)12(21)4-5-18(17,22)13(19)8-10/h4-5,14-15,18,22-23H,3,6-11H2,1-2H3;2-3,12-13,16,20-22H,4-9H2,1H3/t14-,15?,18-,19-,20+;12-,13?,16-,17-,18+/m00/s1. The molecule has 2 aromatic rings. The smallest absolute Gasteiger partial charge is 0.137 e. The summed E-state index contributed by atoms with van der Waals surface area (Å²) in [5.74, 6) is 1.54. The van der Waals surface area contributed by atoms with Crippen molar-refractivity contribution in [2.75, 3.05) is 33.8 Å². The van der Waals surface area contributed by atoms with Gasteiger partial charge in [0.05, 0.1) is 47.5 Å². The molecule has 48 heavy (non-hydrogen) atoms. The highest BCUT2D eigenvalue weighted by Crippen LogP contribution is 2.66. The lowest BCUT2D eigenvalue weighted by Gasteiger charge is -2.63. The molecule has 0 radical (unpaired) electrons. The van der Waals surface area contributed by atoms with E-state index in [4.69, 9.17) is 14.2 Å². The van der Waals surface area contributed by atoms with Crippen LogP contribution in [0.25, 0.3) is 0 Å². The minimum Gasteiger partial charge on any atom is -0.486 e. The molecule has 0 aromatic heterocycles. The van der Waals surface area contributed by atoms with Gasteiger partial charge in [-0.15, -0.1) is 0 Å². The second-order valence-corrected chi connectivity index (χ2v) is 15.9. The van der Waals surface area contributed by atoms with Crippen LogP contribution < -0.4 is 9.47 Å². The number of hydrogen-bond acceptors (Lipinski definition) is 10. The molecular weight excluding hydrogens is 612 g/mol. The van der Waals surface area contributed by atoms with E-state index in [1.807, 2.05) is 19.1 Å². The molecule has 10 heteroatoms. The van der Waals surface area contributed by atoms with Crippen molar-refractivity contribution >= 4 is 0 Å². The summed E-state index contributed by atoms with van der Waals surface area (Å²) >= 11 is 0. The number of rotatable bonds is 4. The molecule has 2 saturated heterocycles. The summed E-state index contributed by atoms with van der Waals surface area (Å²) in [4.78, 5) is 4.59. The Kier molecular flexibility index (Phi) is 7.01. The van der Waals surface area contributed by atoms with E-state index < -0.39 is 34.2 Å². The molecule has 0 amide bonds. The van der Waals surface area contributed by atoms with Gasteiger partial charge >= 0.3 is 0 Å². The third-order valence-corrected chi connectivity index (χ3v) is 14.3. The van der Waals surface area contributed by atoms with Crippen LogP contribution in [-0.4, -0.2) is 117 Å². The molecule has 10 atom stereocenters. The van der Waals surface area contributed by atoms with Crippen molar-refractivity contribution in [3.8, 4) is 11.5 Å². The lowest BCUT2D eigenvalue weighted by Crippen LogP contribution is -2.76. The van der Waals surface area contributed by atoms with Gasteiger partial charge in [-0.1, -0.05) is 24.3 Å². The highest BCUT2D eigenvalue weighted by atomic mass is 16.5. The minimum atomic E-state index is -0.865. The van der Waals surface area contributed by atoms with E-state index in [0.29, 0.717) is 19.4 Å². The van der Waals surface area contributed by atoms with Crippen molar-refractivity contribution in [3.63, 3.8) is 0 Å². The molecule has 4 heterocycles. The quantitative estimate of drug-likeness (QED) is 0.329. The molecule has 8 aliphatic rings. The molecule has 4 bridgehead atoms. The topological polar surface area (TPSA) is 135 Å². The van der Waals surface area contributed by atoms with Crippen LogP contribution in [0.5, 0.6) is 11.5 Å². The number of hydrogen-bond donors (Lipinski definition) is 5. The predicted octanol–water partition coefficient (Wildman–Crippen LogP) is 1.69. The molecule has 2 saturated carbocycles. The Labute approximate surface area is 282 Å². The van der Waals surface area contributed by atoms with Crippen molar-refractivity contribution in [2.24, 2.45) is 0 Å². The first-order valence-corrected chi connectivity index (χ1v) is 18.1. The van der Waals surface area contributed by atoms with E-state index in [9.17, 15) is 25.5 Å². The second-order valence-electron chi connectivity index (χ2n) is 15.9. The fourth-order valence-electron chi connectivity index (χ4n) is 12.2. The molecule has 4 fully saturated rings. The van der Waals surface area contributed by atoms with E-state index in [-0.39, 0.29) is 37.5 Å². The number of likely N-dealkylation sites (tertiary alicyclic amines) is 2. The third kappa shape index (κ3) is 3.61. The maximum Gasteiger partial charge on any atom is 0.137 e. The van der Waals surface area contributed by atoms with Crippen LogP contribution >= 0.6 is 0 Å². The van der Waals surface area contributed by atoms with Crippen molar-refractivity contribution in [1.29, 1.82) is 0 Å². The van der Waals surface area contributed by atoms with E-state index in [0.717, 1.165) is 79.8 Å². The first kappa shape index (κ1) is 31.7. The molecule has 5 N–H and O–H groups in total. The predicted molar refractivity (Wildman–Crippen MR) is 176 cm³/mol. The highest BCUT2D eigenvalue weighted by molar-refractivity contribution is 5.62. The summed E-state index contributed by atoms with van der Waals surface area (Å²) in [5, 5.41) is 53.9. The van der Waals surface area contributed by atoms with Crippen LogP contribution in [0, 0.1) is 0 Å². The summed E-state index contributed by atoms with van der Waals surface area (Å²) < 4.78 is 18.8. The van der Waals surface area contributed by atoms with Gasteiger partial charge in [0.15, 0.2) is 0 Å². The van der Waals surface area contributed by atoms with Crippen molar-refractivity contribution in [1.82, 2.24) is 9.80 Å². The molecule has 4 aliphatic carbocycles. The Hall–Kier alpha value is -2.28. The fraction of sp³-hybridized carbons (Fsp3) is 0.684. The van der Waals surface area contributed by atoms with Crippen LogP contribution in [0.4, 0.5) is 0 Å². The van der Waals surface area contributed by atoms with Gasteiger partial charge in [0.1, 0.15) is 23.7 Å². The molecule has 10 nitrogen and oxygen atoms in total. The van der Waals surface area contributed by atoms with Gasteiger partial charge in [0, 0.05) is 40.9 Å². The van der Waals surface area contributed by atoms with Crippen LogP contribution in [0.2, 0.25) is 0 Å². The molecule has 2 unspecified atom stereocenters. The Bertz CT molecular complexity index is 1650. The summed E-state index contributed by atoms with van der Waals surface area (Å²) in [5.41, 5.74) is 3.72. The summed E-state index contributed by atoms with van der Waals surface area (Å²) in [6.07, 6.45) is 4.90. The molecule has 4 aliphatic heterocycles. The zero-order chi connectivity index (χ0) is 33.4. The molecule has 2 spiro atoms. The van der Waals surface area contributed by atoms with Crippen LogP contribution in [0.1, 0.15) is 78.8 Å². The second kappa shape index (κ2) is 10.6. The fourth-order valence-corrected chi connectivity index (χ4v) is 12.2. The number of nitrogens with zero attached hydrogens (tertiary/aromatic N) is 2. The van der Waals surface area contributed by atoms with Gasteiger partial charge in [-0.3, -0.25) is 0 Å². The number of aliphatic hydroxyl groups excluding tert-OH is 3. The maximum absolute atomic E-state index is 12.0. The number of piperidine rings is 2. The third-order valence-electron chi connectivity index (χ3n) is 14.3. The first-order valence-electron chi connectivity index (χ1n) is 18.1. The lowest BCUT2D eigenvalue weighted by molar-refractivity contribution is -0.211. The van der Waals surface area contributed by atoms with Gasteiger partial charge < -0.3 is 49.5 Å². The van der Waals surface area contributed by atoms with Crippen LogP contribution in [0.3, 0.4) is 0 Å². The van der Waals surface area contributed by atoms with Gasteiger partial charge in [0.25, 0.3) is 0 Å². The number of ether oxygens (including phenoxy) is 3. The summed E-state index contributed by atoms with van der Waals surface area (Å²) in [6, 6.07) is 8.30. The van der Waals surface area contributed by atoms with Gasteiger partial charge in [0.2, 0.25) is 0 Å². The number of likely N-dealkylation sites (N-methyl/N-ethyl adjacent to an activating group) is 2. The lowest BCUT2D eigenvalue weighted by atomic mass is 9.48. The Morgan fingerprint density at radius 3 is 1.77 bits per heavy atom. The average molecular weight is 663 g/mol. The minimum absolute atomic E-state index is 0.000719. The Balaban J connectivity index is 0.000000131. The summed E-state index contributed by atoms with van der Waals surface area (Å²) in [7, 11) is 4.21. The normalized spacial score (nSPS) is 42.6. The van der Waals surface area contributed by atoms with E-state index in [2.05, 4.69) is 36.0 Å². The van der Waals surface area contributed by atoms with Gasteiger partial charge in [-0.25, -0.2) is 0 Å². The largest absolute Gasteiger partial charge is 0.486 e. The van der Waals surface area contributed by atoms with Crippen LogP contribution in [0.15, 0.2) is 24.3 Å².